The van der Waals surface area contributed by atoms with E-state index >= 15 is 0 Å². The van der Waals surface area contributed by atoms with Gasteiger partial charge in [-0.15, -0.1) is 0 Å². The normalized spacial score (nSPS) is 61.4. The lowest BCUT2D eigenvalue weighted by Gasteiger charge is -2.55. The summed E-state index contributed by atoms with van der Waals surface area (Å²) in [5.74, 6) is 2.41. The molecule has 2 saturated heterocycles. The maximum atomic E-state index is 12.1. The van der Waals surface area contributed by atoms with E-state index in [2.05, 4.69) is 19.9 Å². The van der Waals surface area contributed by atoms with Crippen LogP contribution < -0.4 is 0 Å². The molecular formula is C23H26O4. The van der Waals surface area contributed by atoms with E-state index in [0.717, 1.165) is 25.7 Å². The van der Waals surface area contributed by atoms with Gasteiger partial charge in [0.15, 0.2) is 5.78 Å². The van der Waals surface area contributed by atoms with Gasteiger partial charge in [0.1, 0.15) is 11.2 Å². The molecule has 2 heterocycles. The number of allylic oxidation sites excluding steroid dienone is 2. The van der Waals surface area contributed by atoms with Crippen LogP contribution in [0.15, 0.2) is 23.8 Å². The molecule has 4 saturated carbocycles. The molecule has 4 heteroatoms. The summed E-state index contributed by atoms with van der Waals surface area (Å²) in [6.45, 7) is 4.70. The van der Waals surface area contributed by atoms with Crippen molar-refractivity contribution in [2.24, 2.45) is 34.5 Å². The van der Waals surface area contributed by atoms with Crippen molar-refractivity contribution in [3.05, 3.63) is 23.8 Å². The molecule has 0 N–H and O–H groups in total. The molecule has 7 aliphatic rings. The smallest absolute Gasteiger partial charge is 0.306 e. The number of ether oxygens (including phenoxy) is 2. The van der Waals surface area contributed by atoms with Crippen molar-refractivity contribution in [1.29, 1.82) is 0 Å². The first-order valence-corrected chi connectivity index (χ1v) is 10.7. The first-order valence-electron chi connectivity index (χ1n) is 10.7. The molecule has 0 aromatic rings. The number of ketones is 1. The first kappa shape index (κ1) is 15.5. The highest BCUT2D eigenvalue weighted by atomic mass is 16.6. The minimum atomic E-state index is -0.257. The standard InChI is InChI=1S/C23H26O4/c1-20-6-3-12(24)9-16(20)13-10-14(13)19-15-4-7-22(8-5-18(25)27-22)21(15,2)11-17-23(19,20)26-17/h3,6,9,13-15,17,19H,4-5,7-8,10-11H2,1-2H3/t13-,14+,15+,17-,19+,20+,21+,22-,23-/m1/s1. The van der Waals surface area contributed by atoms with Crippen LogP contribution in [-0.4, -0.2) is 29.1 Å². The minimum Gasteiger partial charge on any atom is -0.458 e. The Morgan fingerprint density at radius 2 is 2.04 bits per heavy atom. The lowest BCUT2D eigenvalue weighted by molar-refractivity contribution is -0.164. The topological polar surface area (TPSA) is 55.9 Å². The van der Waals surface area contributed by atoms with Crippen LogP contribution >= 0.6 is 0 Å². The zero-order valence-electron chi connectivity index (χ0n) is 16.0. The molecular weight excluding hydrogens is 340 g/mol. The third-order valence-electron chi connectivity index (χ3n) is 10.0. The van der Waals surface area contributed by atoms with Crippen LogP contribution in [0.5, 0.6) is 0 Å². The van der Waals surface area contributed by atoms with E-state index in [9.17, 15) is 9.59 Å². The Labute approximate surface area is 159 Å². The molecule has 6 fully saturated rings. The summed E-state index contributed by atoms with van der Waals surface area (Å²) in [4.78, 5) is 24.1. The molecule has 2 aliphatic heterocycles. The minimum absolute atomic E-state index is 0.00993. The molecule has 0 amide bonds. The maximum absolute atomic E-state index is 12.1. The van der Waals surface area contributed by atoms with Crippen LogP contribution in [0.3, 0.4) is 0 Å². The summed E-state index contributed by atoms with van der Waals surface area (Å²) in [6.07, 6.45) is 11.9. The maximum Gasteiger partial charge on any atom is 0.306 e. The molecule has 0 bridgehead atoms. The Kier molecular flexibility index (Phi) is 2.37. The average molecular weight is 366 g/mol. The fourth-order valence-corrected chi connectivity index (χ4v) is 8.75. The second-order valence-corrected chi connectivity index (χ2v) is 10.7. The van der Waals surface area contributed by atoms with Crippen LogP contribution in [0, 0.1) is 34.5 Å². The van der Waals surface area contributed by atoms with Crippen LogP contribution in [0.25, 0.3) is 0 Å². The molecule has 142 valence electrons. The van der Waals surface area contributed by atoms with Gasteiger partial charge in [-0.05, 0) is 74.9 Å². The number of esters is 1. The van der Waals surface area contributed by atoms with Gasteiger partial charge in [-0.1, -0.05) is 18.6 Å². The van der Waals surface area contributed by atoms with Gasteiger partial charge in [0.05, 0.1) is 6.10 Å². The molecule has 9 atom stereocenters. The molecule has 0 radical (unpaired) electrons. The Hall–Kier alpha value is -1.42. The van der Waals surface area contributed by atoms with Crippen molar-refractivity contribution in [3.8, 4) is 0 Å². The van der Waals surface area contributed by atoms with Crippen molar-refractivity contribution in [2.75, 3.05) is 0 Å². The van der Waals surface area contributed by atoms with E-state index in [1.165, 1.54) is 12.0 Å². The van der Waals surface area contributed by atoms with Crippen molar-refractivity contribution < 1.29 is 19.1 Å². The third kappa shape index (κ3) is 1.43. The van der Waals surface area contributed by atoms with E-state index < -0.39 is 0 Å². The van der Waals surface area contributed by atoms with Crippen LogP contribution in [0.2, 0.25) is 0 Å². The summed E-state index contributed by atoms with van der Waals surface area (Å²) in [6, 6.07) is 0. The Morgan fingerprint density at radius 1 is 1.19 bits per heavy atom. The predicted molar refractivity (Wildman–Crippen MR) is 96.5 cm³/mol. The Morgan fingerprint density at radius 3 is 2.81 bits per heavy atom. The van der Waals surface area contributed by atoms with Gasteiger partial charge in [0.25, 0.3) is 0 Å². The predicted octanol–water partition coefficient (Wildman–Crippen LogP) is 3.36. The van der Waals surface area contributed by atoms with Crippen molar-refractivity contribution in [1.82, 2.24) is 0 Å². The quantitative estimate of drug-likeness (QED) is 0.487. The summed E-state index contributed by atoms with van der Waals surface area (Å²) >= 11 is 0. The number of carbonyl (C=O) groups excluding carboxylic acids is 2. The van der Waals surface area contributed by atoms with Gasteiger partial charge >= 0.3 is 5.97 Å². The molecule has 0 aromatic heterocycles. The lowest BCUT2D eigenvalue weighted by atomic mass is 9.47. The van der Waals surface area contributed by atoms with Gasteiger partial charge in [-0.2, -0.15) is 0 Å². The highest BCUT2D eigenvalue weighted by molar-refractivity contribution is 6.01. The summed E-state index contributed by atoms with van der Waals surface area (Å²) in [5.41, 5.74) is 0.839. The monoisotopic (exact) mass is 366 g/mol. The Balaban J connectivity index is 1.37. The number of hydrogen-bond donors (Lipinski definition) is 0. The molecule has 4 nitrogen and oxygen atoms in total. The van der Waals surface area contributed by atoms with E-state index in [4.69, 9.17) is 9.47 Å². The van der Waals surface area contributed by atoms with Gasteiger partial charge in [0.2, 0.25) is 0 Å². The SMILES string of the molecule is C[C@]12C=CC(=O)C=C1[C@@H]1C[C@@H]1[C@H]1[C@@H]3CC[C@@]4(CCC(=O)O4)[C@@]3(C)C[C@H]3O[C@@]132. The second kappa shape index (κ2) is 4.12. The highest BCUT2D eigenvalue weighted by Gasteiger charge is 2.85. The van der Waals surface area contributed by atoms with E-state index in [0.29, 0.717) is 30.1 Å². The van der Waals surface area contributed by atoms with E-state index in [1.807, 2.05) is 6.08 Å². The van der Waals surface area contributed by atoms with E-state index in [-0.39, 0.29) is 39.9 Å². The fraction of sp³-hybridized carbons (Fsp3) is 0.739. The summed E-state index contributed by atoms with van der Waals surface area (Å²) in [7, 11) is 0. The van der Waals surface area contributed by atoms with Gasteiger partial charge in [0, 0.05) is 17.3 Å². The van der Waals surface area contributed by atoms with E-state index in [1.54, 1.807) is 6.08 Å². The van der Waals surface area contributed by atoms with Crippen LogP contribution in [0.4, 0.5) is 0 Å². The van der Waals surface area contributed by atoms with Gasteiger partial charge in [-0.3, -0.25) is 9.59 Å². The molecule has 0 aromatic carbocycles. The molecule has 7 rings (SSSR count). The highest BCUT2D eigenvalue weighted by Crippen LogP contribution is 2.82. The number of rotatable bonds is 0. The number of epoxide rings is 1. The Bertz CT molecular complexity index is 887. The zero-order valence-corrected chi connectivity index (χ0v) is 16.0. The lowest BCUT2D eigenvalue weighted by Crippen LogP contribution is -2.60. The van der Waals surface area contributed by atoms with Gasteiger partial charge < -0.3 is 9.47 Å². The summed E-state index contributed by atoms with van der Waals surface area (Å²) < 4.78 is 12.7. The number of carbonyl (C=O) groups is 2. The fourth-order valence-electron chi connectivity index (χ4n) is 8.75. The van der Waals surface area contributed by atoms with Gasteiger partial charge in [-0.25, -0.2) is 0 Å². The second-order valence-electron chi connectivity index (χ2n) is 10.7. The zero-order chi connectivity index (χ0) is 18.4. The van der Waals surface area contributed by atoms with Crippen LogP contribution in [-0.2, 0) is 19.1 Å². The molecule has 2 spiro atoms. The largest absolute Gasteiger partial charge is 0.458 e. The molecule has 27 heavy (non-hydrogen) atoms. The van der Waals surface area contributed by atoms with Crippen LogP contribution in [0.1, 0.15) is 52.4 Å². The third-order valence-corrected chi connectivity index (χ3v) is 10.0. The average Bonchev–Trinajstić information content (AvgIpc) is 3.49. The summed E-state index contributed by atoms with van der Waals surface area (Å²) in [5, 5.41) is 0. The van der Waals surface area contributed by atoms with Crippen molar-refractivity contribution >= 4 is 11.8 Å². The van der Waals surface area contributed by atoms with Crippen molar-refractivity contribution in [2.45, 2.75) is 69.7 Å². The number of fused-ring (bicyclic) bond motifs is 7. The first-order chi connectivity index (χ1) is 12.8. The van der Waals surface area contributed by atoms with Crippen molar-refractivity contribution in [3.63, 3.8) is 0 Å². The number of hydrogen-bond acceptors (Lipinski definition) is 4. The molecule has 5 aliphatic carbocycles. The molecule has 0 unspecified atom stereocenters.